The third kappa shape index (κ3) is 2.76. The van der Waals surface area contributed by atoms with Crippen molar-refractivity contribution in [2.24, 2.45) is 0 Å². The molecule has 0 fully saturated rings. The lowest BCUT2D eigenvalue weighted by molar-refractivity contribution is 0.0781. The highest BCUT2D eigenvalue weighted by Crippen LogP contribution is 2.21. The van der Waals surface area contributed by atoms with Gasteiger partial charge >= 0.3 is 0 Å². The average molecular weight is 269 g/mol. The number of carbonyl (C=O) groups is 1. The molecule has 0 saturated carbocycles. The Balaban J connectivity index is 2.11. The fraction of sp³-hybridized carbons (Fsp3) is 0.462. The molecular weight excluding hydrogens is 252 g/mol. The van der Waals surface area contributed by atoms with Gasteiger partial charge in [0.05, 0.1) is 12.0 Å². The first-order valence-electron chi connectivity index (χ1n) is 5.98. The number of nitrogens with one attached hydrogen (secondary N) is 1. The molecule has 1 aliphatic heterocycles. The van der Waals surface area contributed by atoms with Crippen molar-refractivity contribution in [1.29, 1.82) is 0 Å². The minimum Gasteiger partial charge on any atom is -0.390 e. The van der Waals surface area contributed by atoms with Crippen molar-refractivity contribution < 1.29 is 9.90 Å². The molecule has 2 rings (SSSR count). The van der Waals surface area contributed by atoms with Crippen LogP contribution in [-0.2, 0) is 6.42 Å². The number of anilines is 1. The average Bonchev–Trinajstić information content (AvgIpc) is 2.40. The number of alkyl halides is 1. The van der Waals surface area contributed by atoms with Crippen LogP contribution in [0.2, 0.25) is 0 Å². The van der Waals surface area contributed by atoms with Crippen LogP contribution in [0.1, 0.15) is 15.9 Å². The number of nitrogens with zero attached hydrogens (tertiary/aromatic N) is 1. The highest BCUT2D eigenvalue weighted by molar-refractivity contribution is 6.18. The molecule has 0 spiro atoms. The first-order valence-corrected chi connectivity index (χ1v) is 6.51. The maximum atomic E-state index is 11.9. The number of halogens is 1. The van der Waals surface area contributed by atoms with Gasteiger partial charge in [-0.15, -0.1) is 11.6 Å². The lowest BCUT2D eigenvalue weighted by atomic mass is 9.98. The maximum Gasteiger partial charge on any atom is 0.253 e. The van der Waals surface area contributed by atoms with Gasteiger partial charge in [0.25, 0.3) is 5.91 Å². The zero-order chi connectivity index (χ0) is 13.1. The molecule has 1 amide bonds. The first kappa shape index (κ1) is 13.2. The number of likely N-dealkylation sites (N-methyl/N-ethyl adjacent to an activating group) is 1. The van der Waals surface area contributed by atoms with Crippen LogP contribution in [-0.4, -0.2) is 48.0 Å². The fourth-order valence-corrected chi connectivity index (χ4v) is 2.11. The number of rotatable bonds is 4. The molecule has 18 heavy (non-hydrogen) atoms. The Kier molecular flexibility index (Phi) is 4.09. The summed E-state index contributed by atoms with van der Waals surface area (Å²) in [4.78, 5) is 13.6. The Bertz CT molecular complexity index is 451. The molecule has 0 aliphatic carbocycles. The standard InChI is InChI=1S/C13H17ClN2O2/c1-16-5-4-9-6-10(15-8-11(17)7-14)2-3-12(9)13(16)18/h2-3,6,11,15,17H,4-5,7-8H2,1H3. The summed E-state index contributed by atoms with van der Waals surface area (Å²) >= 11 is 5.53. The van der Waals surface area contributed by atoms with Crippen LogP contribution in [0.3, 0.4) is 0 Å². The Hall–Kier alpha value is -1.26. The number of carbonyl (C=O) groups excluding carboxylic acids is 1. The Morgan fingerprint density at radius 1 is 1.56 bits per heavy atom. The second-order valence-corrected chi connectivity index (χ2v) is 4.85. The molecule has 1 heterocycles. The molecule has 1 unspecified atom stereocenters. The van der Waals surface area contributed by atoms with Crippen molar-refractivity contribution in [2.75, 3.05) is 31.3 Å². The van der Waals surface area contributed by atoms with E-state index in [1.54, 1.807) is 4.90 Å². The zero-order valence-corrected chi connectivity index (χ0v) is 11.1. The van der Waals surface area contributed by atoms with Crippen molar-refractivity contribution in [2.45, 2.75) is 12.5 Å². The van der Waals surface area contributed by atoms with E-state index in [9.17, 15) is 9.90 Å². The van der Waals surface area contributed by atoms with Crippen molar-refractivity contribution in [1.82, 2.24) is 4.90 Å². The molecule has 0 saturated heterocycles. The van der Waals surface area contributed by atoms with Gasteiger partial charge in [0.2, 0.25) is 0 Å². The van der Waals surface area contributed by atoms with E-state index < -0.39 is 6.10 Å². The lowest BCUT2D eigenvalue weighted by Gasteiger charge is -2.25. The number of fused-ring (bicyclic) bond motifs is 1. The van der Waals surface area contributed by atoms with Crippen LogP contribution in [0, 0.1) is 0 Å². The van der Waals surface area contributed by atoms with E-state index >= 15 is 0 Å². The number of aliphatic hydroxyl groups is 1. The number of hydrogen-bond donors (Lipinski definition) is 2. The van der Waals surface area contributed by atoms with Crippen LogP contribution in [0.5, 0.6) is 0 Å². The summed E-state index contributed by atoms with van der Waals surface area (Å²) in [7, 11) is 1.81. The van der Waals surface area contributed by atoms with E-state index in [4.69, 9.17) is 11.6 Å². The third-order valence-electron chi connectivity index (χ3n) is 3.12. The smallest absolute Gasteiger partial charge is 0.253 e. The van der Waals surface area contributed by atoms with E-state index in [2.05, 4.69) is 5.32 Å². The summed E-state index contributed by atoms with van der Waals surface area (Å²) in [5.74, 6) is 0.282. The van der Waals surface area contributed by atoms with E-state index in [1.165, 1.54) is 0 Å². The maximum absolute atomic E-state index is 11.9. The first-order chi connectivity index (χ1) is 8.61. The Morgan fingerprint density at radius 3 is 3.06 bits per heavy atom. The molecule has 1 aromatic carbocycles. The molecule has 1 aromatic rings. The topological polar surface area (TPSA) is 52.6 Å². The molecular formula is C13H17ClN2O2. The van der Waals surface area contributed by atoms with Crippen LogP contribution >= 0.6 is 11.6 Å². The second-order valence-electron chi connectivity index (χ2n) is 4.54. The molecule has 4 nitrogen and oxygen atoms in total. The molecule has 0 bridgehead atoms. The lowest BCUT2D eigenvalue weighted by Crippen LogP contribution is -2.34. The number of aliphatic hydroxyl groups excluding tert-OH is 1. The van der Waals surface area contributed by atoms with Gasteiger partial charge in [-0.1, -0.05) is 0 Å². The Morgan fingerprint density at radius 2 is 2.33 bits per heavy atom. The minimum absolute atomic E-state index is 0.0728. The van der Waals surface area contributed by atoms with Gasteiger partial charge in [0.1, 0.15) is 0 Å². The quantitative estimate of drug-likeness (QED) is 0.810. The van der Waals surface area contributed by atoms with Gasteiger partial charge in [-0.05, 0) is 30.2 Å². The van der Waals surface area contributed by atoms with Gasteiger partial charge in [0.15, 0.2) is 0 Å². The number of amides is 1. The number of benzene rings is 1. The van der Waals surface area contributed by atoms with Crippen molar-refractivity contribution in [3.8, 4) is 0 Å². The predicted molar refractivity (Wildman–Crippen MR) is 72.3 cm³/mol. The molecule has 98 valence electrons. The third-order valence-corrected chi connectivity index (χ3v) is 3.48. The molecule has 5 heteroatoms. The summed E-state index contributed by atoms with van der Waals surface area (Å²) in [6.45, 7) is 1.16. The van der Waals surface area contributed by atoms with Crippen LogP contribution < -0.4 is 5.32 Å². The van der Waals surface area contributed by atoms with Crippen molar-refractivity contribution in [3.05, 3.63) is 29.3 Å². The summed E-state index contributed by atoms with van der Waals surface area (Å²) in [5, 5.41) is 12.5. The van der Waals surface area contributed by atoms with Gasteiger partial charge < -0.3 is 15.3 Å². The zero-order valence-electron chi connectivity index (χ0n) is 10.3. The Labute approximate surface area is 112 Å². The summed E-state index contributed by atoms with van der Waals surface area (Å²) in [5.41, 5.74) is 2.74. The van der Waals surface area contributed by atoms with E-state index in [0.29, 0.717) is 6.54 Å². The van der Waals surface area contributed by atoms with Crippen molar-refractivity contribution in [3.63, 3.8) is 0 Å². The normalized spacial score (nSPS) is 16.4. The highest BCUT2D eigenvalue weighted by Gasteiger charge is 2.21. The molecule has 1 atom stereocenters. The van der Waals surface area contributed by atoms with Gasteiger partial charge in [-0.25, -0.2) is 0 Å². The summed E-state index contributed by atoms with van der Waals surface area (Å²) in [6, 6.07) is 5.67. The number of hydrogen-bond acceptors (Lipinski definition) is 3. The molecule has 2 N–H and O–H groups in total. The fourth-order valence-electron chi connectivity index (χ4n) is 2.00. The largest absolute Gasteiger partial charge is 0.390 e. The van der Waals surface area contributed by atoms with Gasteiger partial charge in [-0.3, -0.25) is 4.79 Å². The van der Waals surface area contributed by atoms with E-state index in [1.807, 2.05) is 25.2 Å². The van der Waals surface area contributed by atoms with Gasteiger partial charge in [-0.2, -0.15) is 0 Å². The van der Waals surface area contributed by atoms with E-state index in [-0.39, 0.29) is 11.8 Å². The van der Waals surface area contributed by atoms with Crippen LogP contribution in [0.4, 0.5) is 5.69 Å². The van der Waals surface area contributed by atoms with E-state index in [0.717, 1.165) is 29.8 Å². The highest BCUT2D eigenvalue weighted by atomic mass is 35.5. The van der Waals surface area contributed by atoms with Gasteiger partial charge in [0, 0.05) is 31.4 Å². The molecule has 0 aromatic heterocycles. The monoisotopic (exact) mass is 268 g/mol. The summed E-state index contributed by atoms with van der Waals surface area (Å²) < 4.78 is 0. The minimum atomic E-state index is -0.560. The summed E-state index contributed by atoms with van der Waals surface area (Å²) in [6.07, 6.45) is 0.306. The second kappa shape index (κ2) is 5.59. The van der Waals surface area contributed by atoms with Crippen LogP contribution in [0.15, 0.2) is 18.2 Å². The van der Waals surface area contributed by atoms with Crippen molar-refractivity contribution >= 4 is 23.2 Å². The predicted octanol–water partition coefficient (Wildman–Crippen LogP) is 1.33. The molecule has 1 aliphatic rings. The van der Waals surface area contributed by atoms with Crippen LogP contribution in [0.25, 0.3) is 0 Å². The SMILES string of the molecule is CN1CCc2cc(NCC(O)CCl)ccc2C1=O. The molecule has 0 radical (unpaired) electrons.